The topological polar surface area (TPSA) is 62.8 Å². The number of nitrogens with one attached hydrogen (secondary N) is 2. The largest absolute Gasteiger partial charge is 0.383 e. The second-order valence-electron chi connectivity index (χ2n) is 3.07. The van der Waals surface area contributed by atoms with Crippen LogP contribution in [0.5, 0.6) is 0 Å². The first-order chi connectivity index (χ1) is 6.22. The van der Waals surface area contributed by atoms with Crippen LogP contribution in [0.25, 0.3) is 0 Å². The molecule has 0 aromatic carbocycles. The van der Waals surface area contributed by atoms with Crippen LogP contribution in [0.2, 0.25) is 0 Å². The molecule has 74 valence electrons. The minimum atomic E-state index is 0.323. The zero-order valence-electron chi connectivity index (χ0n) is 8.29. The van der Waals surface area contributed by atoms with Crippen molar-refractivity contribution in [1.82, 2.24) is 20.5 Å². The Hall–Kier alpha value is -0.940. The maximum atomic E-state index is 4.99. The molecular formula is C8H16N4O. The third-order valence-corrected chi connectivity index (χ3v) is 1.67. The van der Waals surface area contributed by atoms with E-state index in [1.165, 1.54) is 0 Å². The molecule has 13 heavy (non-hydrogen) atoms. The van der Waals surface area contributed by atoms with Crippen molar-refractivity contribution in [3.8, 4) is 0 Å². The summed E-state index contributed by atoms with van der Waals surface area (Å²) in [5.74, 6) is 1.64. The molecule has 1 aromatic heterocycles. The van der Waals surface area contributed by atoms with Gasteiger partial charge in [0.05, 0.1) is 13.2 Å². The average molecular weight is 184 g/mol. The summed E-state index contributed by atoms with van der Waals surface area (Å²) in [5.41, 5.74) is 0. The van der Waals surface area contributed by atoms with Crippen molar-refractivity contribution in [3.05, 3.63) is 11.6 Å². The Bertz CT molecular complexity index is 248. The van der Waals surface area contributed by atoms with Crippen LogP contribution in [0, 0.1) is 6.92 Å². The van der Waals surface area contributed by atoms with Gasteiger partial charge >= 0.3 is 0 Å². The fraction of sp³-hybridized carbons (Fsp3) is 0.750. The minimum absolute atomic E-state index is 0.323. The Morgan fingerprint density at radius 2 is 2.38 bits per heavy atom. The van der Waals surface area contributed by atoms with E-state index in [4.69, 9.17) is 4.74 Å². The van der Waals surface area contributed by atoms with Crippen molar-refractivity contribution in [1.29, 1.82) is 0 Å². The lowest BCUT2D eigenvalue weighted by Gasteiger charge is -2.10. The summed E-state index contributed by atoms with van der Waals surface area (Å²) in [6, 6.07) is 0.323. The van der Waals surface area contributed by atoms with E-state index in [-0.39, 0.29) is 0 Å². The van der Waals surface area contributed by atoms with E-state index < -0.39 is 0 Å². The van der Waals surface area contributed by atoms with Crippen molar-refractivity contribution < 1.29 is 4.74 Å². The Labute approximate surface area is 77.9 Å². The van der Waals surface area contributed by atoms with E-state index in [0.717, 1.165) is 11.6 Å². The third kappa shape index (κ3) is 3.52. The summed E-state index contributed by atoms with van der Waals surface area (Å²) in [4.78, 5) is 4.17. The second kappa shape index (κ2) is 4.94. The van der Waals surface area contributed by atoms with Crippen molar-refractivity contribution in [2.75, 3.05) is 13.7 Å². The highest BCUT2D eigenvalue weighted by Gasteiger charge is 2.03. The SMILES string of the molecule is COCC(C)NCc1n[nH]c(C)n1. The van der Waals surface area contributed by atoms with Gasteiger partial charge in [-0.05, 0) is 13.8 Å². The molecule has 0 amide bonds. The first-order valence-corrected chi connectivity index (χ1v) is 4.32. The molecule has 1 atom stereocenters. The van der Waals surface area contributed by atoms with Gasteiger partial charge < -0.3 is 10.1 Å². The van der Waals surface area contributed by atoms with E-state index in [1.807, 2.05) is 6.92 Å². The smallest absolute Gasteiger partial charge is 0.164 e. The zero-order valence-corrected chi connectivity index (χ0v) is 8.29. The standard InChI is InChI=1S/C8H16N4O/c1-6(5-13-3)9-4-8-10-7(2)11-12-8/h6,9H,4-5H2,1-3H3,(H,10,11,12). The number of hydrogen-bond donors (Lipinski definition) is 2. The number of rotatable bonds is 5. The van der Waals surface area contributed by atoms with Gasteiger partial charge in [-0.3, -0.25) is 5.10 Å². The molecule has 1 heterocycles. The van der Waals surface area contributed by atoms with E-state index in [9.17, 15) is 0 Å². The van der Waals surface area contributed by atoms with Crippen molar-refractivity contribution in [2.24, 2.45) is 0 Å². The Kier molecular flexibility index (Phi) is 3.85. The summed E-state index contributed by atoms with van der Waals surface area (Å²) in [6.07, 6.45) is 0. The zero-order chi connectivity index (χ0) is 9.68. The molecule has 0 fully saturated rings. The Morgan fingerprint density at radius 1 is 1.62 bits per heavy atom. The molecule has 2 N–H and O–H groups in total. The first kappa shape index (κ1) is 10.1. The van der Waals surface area contributed by atoms with Crippen LogP contribution in [-0.2, 0) is 11.3 Å². The maximum absolute atomic E-state index is 4.99. The molecule has 0 spiro atoms. The molecule has 0 saturated heterocycles. The predicted octanol–water partition coefficient (Wildman–Crippen LogP) is 0.238. The summed E-state index contributed by atoms with van der Waals surface area (Å²) >= 11 is 0. The lowest BCUT2D eigenvalue weighted by atomic mass is 10.3. The molecule has 1 aromatic rings. The summed E-state index contributed by atoms with van der Waals surface area (Å²) in [7, 11) is 1.69. The maximum Gasteiger partial charge on any atom is 0.164 e. The van der Waals surface area contributed by atoms with Crippen molar-refractivity contribution >= 4 is 0 Å². The van der Waals surface area contributed by atoms with Gasteiger partial charge in [0.15, 0.2) is 5.82 Å². The molecule has 0 aliphatic rings. The molecule has 0 aliphatic heterocycles. The first-order valence-electron chi connectivity index (χ1n) is 4.32. The molecule has 0 bridgehead atoms. The monoisotopic (exact) mass is 184 g/mol. The van der Waals surface area contributed by atoms with Crippen LogP contribution in [0.15, 0.2) is 0 Å². The van der Waals surface area contributed by atoms with E-state index in [2.05, 4.69) is 27.4 Å². The van der Waals surface area contributed by atoms with Gasteiger partial charge in [0.2, 0.25) is 0 Å². The number of methoxy groups -OCH3 is 1. The lowest BCUT2D eigenvalue weighted by Crippen LogP contribution is -2.29. The van der Waals surface area contributed by atoms with E-state index >= 15 is 0 Å². The van der Waals surface area contributed by atoms with Gasteiger partial charge in [-0.1, -0.05) is 0 Å². The van der Waals surface area contributed by atoms with Gasteiger partial charge in [-0.25, -0.2) is 4.98 Å². The molecule has 0 radical (unpaired) electrons. The molecular weight excluding hydrogens is 168 g/mol. The molecule has 1 unspecified atom stereocenters. The number of hydrogen-bond acceptors (Lipinski definition) is 4. The second-order valence-corrected chi connectivity index (χ2v) is 3.07. The van der Waals surface area contributed by atoms with Crippen LogP contribution in [0.1, 0.15) is 18.6 Å². The predicted molar refractivity (Wildman–Crippen MR) is 49.3 cm³/mol. The van der Waals surface area contributed by atoms with Gasteiger partial charge in [0.25, 0.3) is 0 Å². The summed E-state index contributed by atoms with van der Waals surface area (Å²) < 4.78 is 4.99. The highest BCUT2D eigenvalue weighted by Crippen LogP contribution is 1.91. The summed E-state index contributed by atoms with van der Waals surface area (Å²) in [6.45, 7) is 5.32. The molecule has 1 rings (SSSR count). The fourth-order valence-electron chi connectivity index (χ4n) is 1.04. The van der Waals surface area contributed by atoms with Crippen molar-refractivity contribution in [3.63, 3.8) is 0 Å². The van der Waals surface area contributed by atoms with Crippen LogP contribution in [-0.4, -0.2) is 34.9 Å². The Balaban J connectivity index is 2.26. The number of aromatic amines is 1. The minimum Gasteiger partial charge on any atom is -0.383 e. The fourth-order valence-corrected chi connectivity index (χ4v) is 1.04. The molecule has 0 saturated carbocycles. The van der Waals surface area contributed by atoms with E-state index in [0.29, 0.717) is 19.2 Å². The Morgan fingerprint density at radius 3 is 2.92 bits per heavy atom. The van der Waals surface area contributed by atoms with Gasteiger partial charge in [0, 0.05) is 13.2 Å². The van der Waals surface area contributed by atoms with Crippen molar-refractivity contribution in [2.45, 2.75) is 26.4 Å². The number of ether oxygens (including phenoxy) is 1. The molecule has 5 heteroatoms. The van der Waals surface area contributed by atoms with Gasteiger partial charge in [-0.2, -0.15) is 5.10 Å². The highest BCUT2D eigenvalue weighted by molar-refractivity contribution is 4.87. The number of H-pyrrole nitrogens is 1. The average Bonchev–Trinajstić information content (AvgIpc) is 2.49. The number of aromatic nitrogens is 3. The number of nitrogens with zero attached hydrogens (tertiary/aromatic N) is 2. The quantitative estimate of drug-likeness (QED) is 0.688. The number of aryl methyl sites for hydroxylation is 1. The highest BCUT2D eigenvalue weighted by atomic mass is 16.5. The third-order valence-electron chi connectivity index (χ3n) is 1.67. The lowest BCUT2D eigenvalue weighted by molar-refractivity contribution is 0.171. The van der Waals surface area contributed by atoms with Gasteiger partial charge in [-0.15, -0.1) is 0 Å². The van der Waals surface area contributed by atoms with Gasteiger partial charge in [0.1, 0.15) is 5.82 Å². The van der Waals surface area contributed by atoms with E-state index in [1.54, 1.807) is 7.11 Å². The normalized spacial score (nSPS) is 13.2. The van der Waals surface area contributed by atoms with Crippen LogP contribution < -0.4 is 5.32 Å². The van der Waals surface area contributed by atoms with Crippen LogP contribution in [0.4, 0.5) is 0 Å². The van der Waals surface area contributed by atoms with Crippen LogP contribution in [0.3, 0.4) is 0 Å². The van der Waals surface area contributed by atoms with Crippen LogP contribution >= 0.6 is 0 Å². The summed E-state index contributed by atoms with van der Waals surface area (Å²) in [5, 5.41) is 10.0. The molecule has 0 aliphatic carbocycles. The molecule has 5 nitrogen and oxygen atoms in total.